The highest BCUT2D eigenvalue weighted by atomic mass is 35.5. The second-order valence-electron chi connectivity index (χ2n) is 6.36. The molecule has 0 aliphatic carbocycles. The number of ether oxygens (including phenoxy) is 2. The SMILES string of the molecule is COc1cccc(-c2cc3cnc(N)nc3c(NCC3CCCO3)n2)c1Cl. The molecule has 27 heavy (non-hydrogen) atoms. The van der Waals surface area contributed by atoms with E-state index in [1.807, 2.05) is 24.3 Å². The molecule has 3 heterocycles. The third-order valence-electron chi connectivity index (χ3n) is 4.56. The number of benzene rings is 1. The zero-order valence-corrected chi connectivity index (χ0v) is 15.7. The van der Waals surface area contributed by atoms with Crippen molar-refractivity contribution in [2.75, 3.05) is 31.3 Å². The number of hydrogen-bond acceptors (Lipinski definition) is 7. The number of aromatic nitrogens is 3. The minimum absolute atomic E-state index is 0.171. The van der Waals surface area contributed by atoms with Crippen LogP contribution in [-0.2, 0) is 4.74 Å². The van der Waals surface area contributed by atoms with Gasteiger partial charge in [0.15, 0.2) is 5.82 Å². The topological polar surface area (TPSA) is 95.2 Å². The summed E-state index contributed by atoms with van der Waals surface area (Å²) in [6.07, 6.45) is 3.97. The van der Waals surface area contributed by atoms with E-state index in [0.29, 0.717) is 34.3 Å². The van der Waals surface area contributed by atoms with E-state index in [4.69, 9.17) is 31.8 Å². The number of methoxy groups -OCH3 is 1. The van der Waals surface area contributed by atoms with E-state index in [2.05, 4.69) is 15.3 Å². The lowest BCUT2D eigenvalue weighted by Gasteiger charge is -2.15. The highest BCUT2D eigenvalue weighted by Crippen LogP contribution is 2.36. The van der Waals surface area contributed by atoms with Crippen LogP contribution in [0.2, 0.25) is 5.02 Å². The van der Waals surface area contributed by atoms with Crippen LogP contribution in [0.1, 0.15) is 12.8 Å². The maximum absolute atomic E-state index is 6.50. The second kappa shape index (κ2) is 7.54. The molecular weight excluding hydrogens is 366 g/mol. The number of nitrogens with two attached hydrogens (primary N) is 1. The van der Waals surface area contributed by atoms with Crippen LogP contribution in [0, 0.1) is 0 Å². The number of halogens is 1. The Kier molecular flexibility index (Phi) is 4.96. The molecule has 3 aromatic rings. The Morgan fingerprint density at radius 2 is 2.26 bits per heavy atom. The molecule has 4 rings (SSSR count). The highest BCUT2D eigenvalue weighted by Gasteiger charge is 2.18. The molecule has 8 heteroatoms. The molecule has 0 radical (unpaired) electrons. The molecule has 1 aliphatic rings. The van der Waals surface area contributed by atoms with Crippen molar-refractivity contribution >= 4 is 34.3 Å². The molecule has 2 aromatic heterocycles. The standard InChI is InChI=1S/C19H20ClN5O2/c1-26-15-6-2-5-13(16(15)20)14-8-11-9-23-19(21)25-17(11)18(24-14)22-10-12-4-3-7-27-12/h2,5-6,8-9,12H,3-4,7,10H2,1H3,(H,22,24)(H2,21,23,25). The summed E-state index contributed by atoms with van der Waals surface area (Å²) in [7, 11) is 1.59. The summed E-state index contributed by atoms with van der Waals surface area (Å²) in [6, 6.07) is 7.49. The Morgan fingerprint density at radius 1 is 1.37 bits per heavy atom. The fraction of sp³-hybridized carbons (Fsp3) is 0.316. The van der Waals surface area contributed by atoms with Crippen molar-refractivity contribution in [3.63, 3.8) is 0 Å². The van der Waals surface area contributed by atoms with Crippen LogP contribution >= 0.6 is 11.6 Å². The summed E-state index contributed by atoms with van der Waals surface area (Å²) < 4.78 is 11.0. The predicted octanol–water partition coefficient (Wildman–Crippen LogP) is 3.53. The summed E-state index contributed by atoms with van der Waals surface area (Å²) in [5, 5.41) is 4.69. The van der Waals surface area contributed by atoms with Crippen LogP contribution < -0.4 is 15.8 Å². The first kappa shape index (κ1) is 17.8. The number of fused-ring (bicyclic) bond motifs is 1. The zero-order valence-electron chi connectivity index (χ0n) is 14.9. The molecule has 1 aromatic carbocycles. The van der Waals surface area contributed by atoms with Crippen LogP contribution in [0.4, 0.5) is 11.8 Å². The van der Waals surface area contributed by atoms with Crippen molar-refractivity contribution in [3.05, 3.63) is 35.5 Å². The van der Waals surface area contributed by atoms with E-state index in [1.165, 1.54) is 0 Å². The second-order valence-corrected chi connectivity index (χ2v) is 6.74. The monoisotopic (exact) mass is 385 g/mol. The number of hydrogen-bond donors (Lipinski definition) is 2. The Morgan fingerprint density at radius 3 is 3.04 bits per heavy atom. The first-order chi connectivity index (χ1) is 13.2. The first-order valence-electron chi connectivity index (χ1n) is 8.77. The van der Waals surface area contributed by atoms with Crippen molar-refractivity contribution in [1.29, 1.82) is 0 Å². The maximum atomic E-state index is 6.50. The van der Waals surface area contributed by atoms with Crippen molar-refractivity contribution in [1.82, 2.24) is 15.0 Å². The van der Waals surface area contributed by atoms with Crippen LogP contribution in [0.25, 0.3) is 22.2 Å². The molecule has 1 fully saturated rings. The summed E-state index contributed by atoms with van der Waals surface area (Å²) in [6.45, 7) is 1.45. The maximum Gasteiger partial charge on any atom is 0.220 e. The van der Waals surface area contributed by atoms with Gasteiger partial charge in [0.25, 0.3) is 0 Å². The lowest BCUT2D eigenvalue weighted by atomic mass is 10.1. The van der Waals surface area contributed by atoms with Crippen LogP contribution in [0.3, 0.4) is 0 Å². The van der Waals surface area contributed by atoms with Gasteiger partial charge in [-0.15, -0.1) is 0 Å². The van der Waals surface area contributed by atoms with Gasteiger partial charge in [0, 0.05) is 30.3 Å². The molecule has 3 N–H and O–H groups in total. The van der Waals surface area contributed by atoms with Gasteiger partial charge in [-0.2, -0.15) is 0 Å². The Hall–Kier alpha value is -2.64. The van der Waals surface area contributed by atoms with Crippen molar-refractivity contribution in [2.24, 2.45) is 0 Å². The van der Waals surface area contributed by atoms with Crippen molar-refractivity contribution < 1.29 is 9.47 Å². The Bertz CT molecular complexity index is 976. The molecule has 0 saturated carbocycles. The summed E-state index contributed by atoms with van der Waals surface area (Å²) in [5.74, 6) is 1.43. The molecule has 1 aliphatic heterocycles. The number of rotatable bonds is 5. The van der Waals surface area contributed by atoms with E-state index in [0.717, 1.165) is 30.4 Å². The lowest BCUT2D eigenvalue weighted by molar-refractivity contribution is 0.120. The molecule has 7 nitrogen and oxygen atoms in total. The number of anilines is 2. The number of nitrogen functional groups attached to an aromatic ring is 1. The summed E-state index contributed by atoms with van der Waals surface area (Å²) in [4.78, 5) is 13.2. The minimum atomic E-state index is 0.171. The van der Waals surface area contributed by atoms with Gasteiger partial charge in [-0.1, -0.05) is 23.7 Å². The Balaban J connectivity index is 1.78. The number of nitrogens with zero attached hydrogens (tertiary/aromatic N) is 3. The van der Waals surface area contributed by atoms with E-state index in [-0.39, 0.29) is 12.1 Å². The zero-order chi connectivity index (χ0) is 18.8. The normalized spacial score (nSPS) is 16.6. The Labute approximate surface area is 161 Å². The van der Waals surface area contributed by atoms with Gasteiger partial charge < -0.3 is 20.5 Å². The van der Waals surface area contributed by atoms with Gasteiger partial charge >= 0.3 is 0 Å². The molecule has 0 bridgehead atoms. The quantitative estimate of drug-likeness (QED) is 0.693. The molecule has 1 saturated heterocycles. The average Bonchev–Trinajstić information content (AvgIpc) is 3.20. The number of nitrogens with one attached hydrogen (secondary N) is 1. The fourth-order valence-corrected chi connectivity index (χ4v) is 3.50. The molecular formula is C19H20ClN5O2. The molecule has 1 unspecified atom stereocenters. The average molecular weight is 386 g/mol. The van der Waals surface area contributed by atoms with Crippen molar-refractivity contribution in [2.45, 2.75) is 18.9 Å². The van der Waals surface area contributed by atoms with Crippen molar-refractivity contribution in [3.8, 4) is 17.0 Å². The van der Waals surface area contributed by atoms with Gasteiger partial charge in [-0.25, -0.2) is 15.0 Å². The fourth-order valence-electron chi connectivity index (χ4n) is 3.20. The van der Waals surface area contributed by atoms with E-state index >= 15 is 0 Å². The highest BCUT2D eigenvalue weighted by molar-refractivity contribution is 6.34. The minimum Gasteiger partial charge on any atom is -0.495 e. The van der Waals surface area contributed by atoms with Crippen LogP contribution in [0.5, 0.6) is 5.75 Å². The smallest absolute Gasteiger partial charge is 0.220 e. The third-order valence-corrected chi connectivity index (χ3v) is 4.95. The molecule has 140 valence electrons. The van der Waals surface area contributed by atoms with Gasteiger partial charge in [0.2, 0.25) is 5.95 Å². The van der Waals surface area contributed by atoms with Gasteiger partial charge in [-0.05, 0) is 25.0 Å². The van der Waals surface area contributed by atoms with Crippen LogP contribution in [-0.4, -0.2) is 41.3 Å². The largest absolute Gasteiger partial charge is 0.495 e. The van der Waals surface area contributed by atoms with E-state index in [1.54, 1.807) is 13.3 Å². The lowest BCUT2D eigenvalue weighted by Crippen LogP contribution is -2.19. The van der Waals surface area contributed by atoms with E-state index < -0.39 is 0 Å². The number of pyridine rings is 1. The summed E-state index contributed by atoms with van der Waals surface area (Å²) in [5.41, 5.74) is 7.93. The van der Waals surface area contributed by atoms with E-state index in [9.17, 15) is 0 Å². The van der Waals surface area contributed by atoms with Gasteiger partial charge in [-0.3, -0.25) is 0 Å². The van der Waals surface area contributed by atoms with Gasteiger partial charge in [0.05, 0.1) is 23.9 Å². The molecule has 1 atom stereocenters. The summed E-state index contributed by atoms with van der Waals surface area (Å²) >= 11 is 6.50. The third kappa shape index (κ3) is 3.61. The predicted molar refractivity (Wildman–Crippen MR) is 106 cm³/mol. The first-order valence-corrected chi connectivity index (χ1v) is 9.15. The molecule has 0 amide bonds. The van der Waals surface area contributed by atoms with Gasteiger partial charge in [0.1, 0.15) is 11.3 Å². The van der Waals surface area contributed by atoms with Crippen LogP contribution in [0.15, 0.2) is 30.5 Å². The molecule has 0 spiro atoms.